The predicted octanol–water partition coefficient (Wildman–Crippen LogP) is 0.914. The molecule has 3 rings (SSSR count). The summed E-state index contributed by atoms with van der Waals surface area (Å²) in [5.74, 6) is -0.451. The van der Waals surface area contributed by atoms with E-state index in [0.29, 0.717) is 50.0 Å². The summed E-state index contributed by atoms with van der Waals surface area (Å²) in [4.78, 5) is 28.1. The molecule has 26 heavy (non-hydrogen) atoms. The molecule has 4 amide bonds. The fourth-order valence-corrected chi connectivity index (χ4v) is 3.15. The summed E-state index contributed by atoms with van der Waals surface area (Å²) in [6, 6.07) is -0.433. The number of nitrogens with one attached hydrogen (secondary N) is 2. The summed E-state index contributed by atoms with van der Waals surface area (Å²) in [6.45, 7) is 8.04. The van der Waals surface area contributed by atoms with Crippen LogP contribution < -0.4 is 10.6 Å². The molecule has 144 valence electrons. The Morgan fingerprint density at radius 1 is 1.12 bits per heavy atom. The first kappa shape index (κ1) is 18.5. The van der Waals surface area contributed by atoms with E-state index in [2.05, 4.69) is 15.8 Å². The van der Waals surface area contributed by atoms with E-state index in [0.717, 1.165) is 0 Å². The van der Waals surface area contributed by atoms with Gasteiger partial charge in [-0.25, -0.2) is 9.59 Å². The Hall–Kier alpha value is -2.33. The third kappa shape index (κ3) is 3.75. The molecule has 0 radical (unpaired) electrons. The second-order valence-electron chi connectivity index (χ2n) is 6.42. The zero-order chi connectivity index (χ0) is 18.7. The van der Waals surface area contributed by atoms with Crippen molar-refractivity contribution in [3.63, 3.8) is 0 Å². The van der Waals surface area contributed by atoms with Gasteiger partial charge < -0.3 is 34.4 Å². The number of hydrogen-bond acceptors (Lipinski definition) is 6. The van der Waals surface area contributed by atoms with Gasteiger partial charge in [0.2, 0.25) is 5.79 Å². The zero-order valence-corrected chi connectivity index (χ0v) is 15.3. The molecule has 0 aliphatic carbocycles. The summed E-state index contributed by atoms with van der Waals surface area (Å²) in [7, 11) is 0. The second kappa shape index (κ2) is 7.50. The molecule has 0 bridgehead atoms. The predicted molar refractivity (Wildman–Crippen MR) is 91.8 cm³/mol. The minimum Gasteiger partial charge on any atom is -0.359 e. The fraction of sp³-hybridized carbons (Fsp3) is 0.688. The number of morpholine rings is 2. The minimum atomic E-state index is -1.00. The molecule has 1 atom stereocenters. The van der Waals surface area contributed by atoms with Gasteiger partial charge >= 0.3 is 12.1 Å². The molecule has 2 saturated heterocycles. The second-order valence-corrected chi connectivity index (χ2v) is 6.42. The van der Waals surface area contributed by atoms with Crippen LogP contribution in [-0.2, 0) is 9.47 Å². The third-order valence-electron chi connectivity index (χ3n) is 4.48. The van der Waals surface area contributed by atoms with Crippen LogP contribution in [0.1, 0.15) is 18.4 Å². The molecule has 0 saturated carbocycles. The Morgan fingerprint density at radius 3 is 2.27 bits per heavy atom. The van der Waals surface area contributed by atoms with Gasteiger partial charge in [-0.15, -0.1) is 0 Å². The summed E-state index contributed by atoms with van der Waals surface area (Å²) in [5.41, 5.74) is 1.19. The maximum atomic E-state index is 12.7. The van der Waals surface area contributed by atoms with E-state index in [1.165, 1.54) is 0 Å². The van der Waals surface area contributed by atoms with Gasteiger partial charge in [0.15, 0.2) is 5.76 Å². The quantitative estimate of drug-likeness (QED) is 0.804. The number of amides is 4. The van der Waals surface area contributed by atoms with Gasteiger partial charge in [0.25, 0.3) is 0 Å². The van der Waals surface area contributed by atoms with E-state index in [1.54, 1.807) is 23.6 Å². The summed E-state index contributed by atoms with van der Waals surface area (Å²) in [5, 5.41) is 9.45. The number of anilines is 1. The highest BCUT2D eigenvalue weighted by Gasteiger charge is 2.44. The zero-order valence-electron chi connectivity index (χ0n) is 15.3. The highest BCUT2D eigenvalue weighted by atomic mass is 16.7. The van der Waals surface area contributed by atoms with Crippen LogP contribution in [0.3, 0.4) is 0 Å². The van der Waals surface area contributed by atoms with Gasteiger partial charge in [-0.1, -0.05) is 5.16 Å². The number of carbonyl (C=O) groups excluding carboxylic acids is 2. The molecular formula is C16H25N5O5. The van der Waals surface area contributed by atoms with Crippen LogP contribution in [0, 0.1) is 13.8 Å². The molecule has 0 aromatic carbocycles. The number of nitrogens with zero attached hydrogens (tertiary/aromatic N) is 3. The lowest BCUT2D eigenvalue weighted by atomic mass is 10.1. The fourth-order valence-electron chi connectivity index (χ4n) is 3.15. The van der Waals surface area contributed by atoms with Crippen molar-refractivity contribution >= 4 is 17.7 Å². The minimum absolute atomic E-state index is 0.156. The van der Waals surface area contributed by atoms with Crippen molar-refractivity contribution in [3.05, 3.63) is 11.5 Å². The van der Waals surface area contributed by atoms with Crippen molar-refractivity contribution in [1.82, 2.24) is 20.3 Å². The molecule has 1 aromatic heterocycles. The Bertz CT molecular complexity index is 654. The molecule has 1 aromatic rings. The molecule has 10 nitrogen and oxygen atoms in total. The van der Waals surface area contributed by atoms with Crippen LogP contribution in [0.4, 0.5) is 15.3 Å². The smallest absolute Gasteiger partial charge is 0.322 e. The molecule has 3 heterocycles. The van der Waals surface area contributed by atoms with Crippen LogP contribution >= 0.6 is 0 Å². The van der Waals surface area contributed by atoms with Crippen LogP contribution in [0.2, 0.25) is 0 Å². The standard InChI is InChI=1S/C16H25N5O5/c1-4-17-14(22)20-5-7-24-16(9-20)10-21(6-8-25-16)15(23)18-13-11(2)19-26-12(13)3/h4-10H2,1-3H3,(H,17,22)(H,18,23). The van der Waals surface area contributed by atoms with Crippen LogP contribution in [0.15, 0.2) is 4.52 Å². The maximum absolute atomic E-state index is 12.7. The largest absolute Gasteiger partial charge is 0.359 e. The number of hydrogen-bond donors (Lipinski definition) is 2. The van der Waals surface area contributed by atoms with Crippen molar-refractivity contribution in [1.29, 1.82) is 0 Å². The Balaban J connectivity index is 1.66. The van der Waals surface area contributed by atoms with Gasteiger partial charge in [-0.2, -0.15) is 0 Å². The van der Waals surface area contributed by atoms with Crippen LogP contribution in [0.5, 0.6) is 0 Å². The summed E-state index contributed by atoms with van der Waals surface area (Å²) >= 11 is 0. The third-order valence-corrected chi connectivity index (χ3v) is 4.48. The Labute approximate surface area is 151 Å². The van der Waals surface area contributed by atoms with E-state index >= 15 is 0 Å². The van der Waals surface area contributed by atoms with Crippen molar-refractivity contribution in [2.45, 2.75) is 26.6 Å². The van der Waals surface area contributed by atoms with Gasteiger partial charge in [0, 0.05) is 19.6 Å². The number of aromatic nitrogens is 1. The van der Waals surface area contributed by atoms with Gasteiger partial charge in [0.05, 0.1) is 26.3 Å². The maximum Gasteiger partial charge on any atom is 0.322 e. The first-order valence-electron chi connectivity index (χ1n) is 8.73. The highest BCUT2D eigenvalue weighted by Crippen LogP contribution is 2.26. The highest BCUT2D eigenvalue weighted by molar-refractivity contribution is 5.90. The van der Waals surface area contributed by atoms with Crippen LogP contribution in [-0.4, -0.2) is 78.7 Å². The van der Waals surface area contributed by atoms with E-state index in [4.69, 9.17) is 14.0 Å². The number of ether oxygens (including phenoxy) is 2. The van der Waals surface area contributed by atoms with Gasteiger partial charge in [-0.3, -0.25) is 0 Å². The Kier molecular flexibility index (Phi) is 5.33. The SMILES string of the molecule is CCNC(=O)N1CCOC2(C1)CN(C(=O)Nc1c(C)noc1C)CCO2. The number of carbonyl (C=O) groups is 2. The lowest BCUT2D eigenvalue weighted by Gasteiger charge is -2.47. The number of urea groups is 2. The van der Waals surface area contributed by atoms with Gasteiger partial charge in [0.1, 0.15) is 11.4 Å². The van der Waals surface area contributed by atoms with Crippen molar-refractivity contribution in [2.24, 2.45) is 0 Å². The normalized spacial score (nSPS) is 23.2. The van der Waals surface area contributed by atoms with E-state index in [9.17, 15) is 9.59 Å². The van der Waals surface area contributed by atoms with Gasteiger partial charge in [-0.05, 0) is 20.8 Å². The number of aryl methyl sites for hydroxylation is 2. The van der Waals surface area contributed by atoms with E-state index in [1.807, 2.05) is 6.92 Å². The lowest BCUT2D eigenvalue weighted by Crippen LogP contribution is -2.64. The molecule has 10 heteroatoms. The Morgan fingerprint density at radius 2 is 1.73 bits per heavy atom. The first-order valence-corrected chi connectivity index (χ1v) is 8.73. The van der Waals surface area contributed by atoms with E-state index < -0.39 is 5.79 Å². The molecule has 2 fully saturated rings. The first-order chi connectivity index (χ1) is 12.4. The van der Waals surface area contributed by atoms with Crippen molar-refractivity contribution in [3.8, 4) is 0 Å². The molecular weight excluding hydrogens is 342 g/mol. The van der Waals surface area contributed by atoms with Crippen molar-refractivity contribution in [2.75, 3.05) is 51.3 Å². The lowest BCUT2D eigenvalue weighted by molar-refractivity contribution is -0.281. The molecule has 2 N–H and O–H groups in total. The van der Waals surface area contributed by atoms with Crippen molar-refractivity contribution < 1.29 is 23.6 Å². The van der Waals surface area contributed by atoms with Crippen LogP contribution in [0.25, 0.3) is 0 Å². The molecule has 1 spiro atoms. The summed E-state index contributed by atoms with van der Waals surface area (Å²) < 4.78 is 16.7. The monoisotopic (exact) mass is 367 g/mol. The molecule has 2 aliphatic rings. The average molecular weight is 367 g/mol. The average Bonchev–Trinajstić information content (AvgIpc) is 2.94. The number of rotatable bonds is 2. The topological polar surface area (TPSA) is 109 Å². The molecule has 2 aliphatic heterocycles. The van der Waals surface area contributed by atoms with E-state index in [-0.39, 0.29) is 25.2 Å². The summed E-state index contributed by atoms with van der Waals surface area (Å²) in [6.07, 6.45) is 0. The molecule has 1 unspecified atom stereocenters.